The summed E-state index contributed by atoms with van der Waals surface area (Å²) in [5.41, 5.74) is 4.80. The summed E-state index contributed by atoms with van der Waals surface area (Å²) in [5.74, 6) is 0.757. The highest BCUT2D eigenvalue weighted by molar-refractivity contribution is 5.88. The van der Waals surface area contributed by atoms with E-state index in [-0.39, 0.29) is 0 Å². The number of aromatic nitrogens is 2. The van der Waals surface area contributed by atoms with E-state index in [1.807, 2.05) is 37.3 Å². The molecule has 2 aromatic rings. The number of benzene rings is 1. The molecule has 120 valence electrons. The summed E-state index contributed by atoms with van der Waals surface area (Å²) in [5, 5.41) is 0. The van der Waals surface area contributed by atoms with Crippen LogP contribution in [-0.4, -0.2) is 16.2 Å². The molecule has 3 nitrogen and oxygen atoms in total. The van der Waals surface area contributed by atoms with Crippen LogP contribution in [0.3, 0.4) is 0 Å². The summed E-state index contributed by atoms with van der Waals surface area (Å²) in [7, 11) is 0. The summed E-state index contributed by atoms with van der Waals surface area (Å²) >= 11 is 0. The van der Waals surface area contributed by atoms with Crippen molar-refractivity contribution in [3.63, 3.8) is 0 Å². The van der Waals surface area contributed by atoms with Gasteiger partial charge in [0.2, 0.25) is 0 Å². The van der Waals surface area contributed by atoms with Gasteiger partial charge in [0.1, 0.15) is 5.82 Å². The molecule has 0 atom stereocenters. The van der Waals surface area contributed by atoms with Crippen LogP contribution in [0.25, 0.3) is 22.4 Å². The predicted octanol–water partition coefficient (Wildman–Crippen LogP) is 5.45. The highest BCUT2D eigenvalue weighted by Gasteiger charge is 2.14. The molecule has 1 aromatic heterocycles. The average molecular weight is 315 g/mol. The van der Waals surface area contributed by atoms with Crippen molar-refractivity contribution in [2.24, 2.45) is 4.99 Å². The summed E-state index contributed by atoms with van der Waals surface area (Å²) in [6.07, 6.45) is 10.5. The van der Waals surface area contributed by atoms with Gasteiger partial charge in [0.15, 0.2) is 0 Å². The van der Waals surface area contributed by atoms with Gasteiger partial charge in [-0.15, -0.1) is 0 Å². The number of H-pyrrole nitrogens is 1. The fourth-order valence-electron chi connectivity index (χ4n) is 2.27. The molecule has 0 radical (unpaired) electrons. The van der Waals surface area contributed by atoms with Gasteiger partial charge in [0.05, 0.1) is 11.4 Å². The number of hydrogen-bond acceptors (Lipinski definition) is 2. The van der Waals surface area contributed by atoms with E-state index < -0.39 is 0 Å². The Balaban J connectivity index is 2.61. The number of aliphatic imine (C=N–C) groups is 1. The SMILES string of the molecule is C=C/C=C(\C=C)c1nc(/C(C)=C/C=NC=C)c(-c2ccccc2)[nH]1. The van der Waals surface area contributed by atoms with E-state index >= 15 is 0 Å². The van der Waals surface area contributed by atoms with Gasteiger partial charge in [0, 0.05) is 23.6 Å². The minimum absolute atomic E-state index is 0.757. The molecule has 0 spiro atoms. The number of nitrogens with zero attached hydrogens (tertiary/aromatic N) is 2. The predicted molar refractivity (Wildman–Crippen MR) is 105 cm³/mol. The van der Waals surface area contributed by atoms with Crippen LogP contribution >= 0.6 is 0 Å². The van der Waals surface area contributed by atoms with Crippen molar-refractivity contribution >= 4 is 17.4 Å². The van der Waals surface area contributed by atoms with Crippen molar-refractivity contribution in [3.05, 3.63) is 92.1 Å². The third-order valence-corrected chi connectivity index (χ3v) is 3.45. The second kappa shape index (κ2) is 8.44. The van der Waals surface area contributed by atoms with Crippen LogP contribution in [0.4, 0.5) is 0 Å². The number of hydrogen-bond donors (Lipinski definition) is 1. The van der Waals surface area contributed by atoms with Gasteiger partial charge >= 0.3 is 0 Å². The Hall–Kier alpha value is -3.20. The molecule has 0 bridgehead atoms. The van der Waals surface area contributed by atoms with Crippen LogP contribution in [0, 0.1) is 0 Å². The summed E-state index contributed by atoms with van der Waals surface area (Å²) in [6.45, 7) is 13.2. The maximum Gasteiger partial charge on any atom is 0.138 e. The van der Waals surface area contributed by atoms with Crippen LogP contribution in [0.5, 0.6) is 0 Å². The maximum absolute atomic E-state index is 4.76. The highest BCUT2D eigenvalue weighted by Crippen LogP contribution is 2.28. The van der Waals surface area contributed by atoms with E-state index in [0.717, 1.165) is 33.9 Å². The molecule has 1 heterocycles. The van der Waals surface area contributed by atoms with Crippen molar-refractivity contribution in [2.75, 3.05) is 0 Å². The van der Waals surface area contributed by atoms with E-state index in [1.54, 1.807) is 18.4 Å². The lowest BCUT2D eigenvalue weighted by molar-refractivity contribution is 1.23. The summed E-state index contributed by atoms with van der Waals surface area (Å²) in [4.78, 5) is 12.2. The average Bonchev–Trinajstić information content (AvgIpc) is 3.05. The zero-order valence-electron chi connectivity index (χ0n) is 13.9. The van der Waals surface area contributed by atoms with Gasteiger partial charge in [0.25, 0.3) is 0 Å². The standard InChI is InChI=1S/C21H21N3/c1-5-11-17(6-2)21-23-19(16(4)14-15-22-7-3)20(24-21)18-12-9-8-10-13-18/h5-15H,1-3H2,4H3,(H,23,24)/b16-14+,17-11+,22-15?. The summed E-state index contributed by atoms with van der Waals surface area (Å²) < 4.78 is 0. The molecular formula is C21H21N3. The van der Waals surface area contributed by atoms with Crippen molar-refractivity contribution in [1.82, 2.24) is 9.97 Å². The molecule has 1 N–H and O–H groups in total. The van der Waals surface area contributed by atoms with E-state index in [1.165, 1.54) is 6.20 Å². The molecule has 0 saturated carbocycles. The first-order valence-corrected chi connectivity index (χ1v) is 7.63. The lowest BCUT2D eigenvalue weighted by Gasteiger charge is -2.02. The van der Waals surface area contributed by atoms with Crippen LogP contribution in [0.15, 0.2) is 85.6 Å². The molecule has 0 unspecified atom stereocenters. The van der Waals surface area contributed by atoms with Gasteiger partial charge < -0.3 is 4.98 Å². The van der Waals surface area contributed by atoms with E-state index in [0.29, 0.717) is 0 Å². The molecule has 0 aliphatic heterocycles. The smallest absolute Gasteiger partial charge is 0.138 e. The first-order chi connectivity index (χ1) is 11.7. The summed E-state index contributed by atoms with van der Waals surface area (Å²) in [6, 6.07) is 10.1. The Labute approximate surface area is 143 Å². The van der Waals surface area contributed by atoms with Gasteiger partial charge in [-0.3, -0.25) is 4.99 Å². The Morgan fingerprint density at radius 3 is 2.50 bits per heavy atom. The van der Waals surface area contributed by atoms with Crippen LogP contribution in [0.1, 0.15) is 18.4 Å². The number of aromatic amines is 1. The first-order valence-electron chi connectivity index (χ1n) is 7.63. The van der Waals surface area contributed by atoms with Crippen molar-refractivity contribution in [1.29, 1.82) is 0 Å². The fraction of sp³-hybridized carbons (Fsp3) is 0.0476. The highest BCUT2D eigenvalue weighted by atomic mass is 14.9. The molecule has 24 heavy (non-hydrogen) atoms. The molecule has 0 saturated heterocycles. The van der Waals surface area contributed by atoms with Gasteiger partial charge in [-0.25, -0.2) is 4.98 Å². The van der Waals surface area contributed by atoms with Crippen LogP contribution in [0.2, 0.25) is 0 Å². The van der Waals surface area contributed by atoms with Crippen molar-refractivity contribution < 1.29 is 0 Å². The Kier molecular flexibility index (Phi) is 6.03. The second-order valence-electron chi connectivity index (χ2n) is 5.07. The van der Waals surface area contributed by atoms with E-state index in [2.05, 4.69) is 41.8 Å². The third-order valence-electron chi connectivity index (χ3n) is 3.45. The quantitative estimate of drug-likeness (QED) is 0.535. The molecule has 0 aliphatic rings. The van der Waals surface area contributed by atoms with Gasteiger partial charge in [-0.1, -0.05) is 68.3 Å². The Morgan fingerprint density at radius 2 is 1.88 bits per heavy atom. The second-order valence-corrected chi connectivity index (χ2v) is 5.07. The molecule has 0 amide bonds. The Morgan fingerprint density at radius 1 is 1.12 bits per heavy atom. The number of rotatable bonds is 7. The fourth-order valence-corrected chi connectivity index (χ4v) is 2.27. The molecule has 2 rings (SSSR count). The van der Waals surface area contributed by atoms with Crippen LogP contribution in [-0.2, 0) is 0 Å². The lowest BCUT2D eigenvalue weighted by atomic mass is 10.1. The minimum atomic E-state index is 0.757. The zero-order valence-corrected chi connectivity index (χ0v) is 13.9. The molecule has 3 heteroatoms. The lowest BCUT2D eigenvalue weighted by Crippen LogP contribution is -1.86. The normalized spacial score (nSPS) is 12.4. The first kappa shape index (κ1) is 17.2. The molecule has 0 fully saturated rings. The van der Waals surface area contributed by atoms with Crippen LogP contribution < -0.4 is 0 Å². The number of nitrogens with one attached hydrogen (secondary N) is 1. The number of imidazole rings is 1. The molecular weight excluding hydrogens is 294 g/mol. The van der Waals surface area contributed by atoms with Gasteiger partial charge in [-0.2, -0.15) is 0 Å². The topological polar surface area (TPSA) is 41.0 Å². The minimum Gasteiger partial charge on any atom is -0.337 e. The van der Waals surface area contributed by atoms with E-state index in [9.17, 15) is 0 Å². The van der Waals surface area contributed by atoms with Crippen molar-refractivity contribution in [3.8, 4) is 11.3 Å². The zero-order chi connectivity index (χ0) is 17.4. The molecule has 0 aliphatic carbocycles. The molecule has 1 aromatic carbocycles. The number of allylic oxidation sites excluding steroid dienone is 6. The van der Waals surface area contributed by atoms with Gasteiger partial charge in [-0.05, 0) is 18.6 Å². The van der Waals surface area contributed by atoms with E-state index in [4.69, 9.17) is 4.98 Å². The largest absolute Gasteiger partial charge is 0.337 e. The Bertz CT molecular complexity index is 818. The monoisotopic (exact) mass is 315 g/mol. The van der Waals surface area contributed by atoms with Crippen molar-refractivity contribution in [2.45, 2.75) is 6.92 Å². The third kappa shape index (κ3) is 3.96. The maximum atomic E-state index is 4.76.